The van der Waals surface area contributed by atoms with Crippen LogP contribution in [-0.2, 0) is 6.42 Å². The number of aromatic nitrogens is 4. The molecule has 7 nitrogen and oxygen atoms in total. The number of hydrogen-bond donors (Lipinski definition) is 1. The summed E-state index contributed by atoms with van der Waals surface area (Å²) in [5.41, 5.74) is 2.51. The molecular formula is C21H25N5O2S. The molecule has 1 aliphatic heterocycles. The third kappa shape index (κ3) is 3.89. The Balaban J connectivity index is 1.45. The molecule has 4 rings (SSSR count). The zero-order chi connectivity index (χ0) is 20.5. The zero-order valence-electron chi connectivity index (χ0n) is 16.9. The number of para-hydroxylation sites is 1. The maximum Gasteiger partial charge on any atom is 0.347 e. The number of H-pyrrole nitrogens is 1. The van der Waals surface area contributed by atoms with Gasteiger partial charge in [-0.3, -0.25) is 4.79 Å². The number of nitrogens with one attached hydrogen (secondary N) is 1. The molecule has 1 aromatic carbocycles. The first-order chi connectivity index (χ1) is 13.9. The summed E-state index contributed by atoms with van der Waals surface area (Å²) in [6, 6.07) is 7.82. The van der Waals surface area contributed by atoms with Crippen LogP contribution < -0.4 is 5.69 Å². The van der Waals surface area contributed by atoms with E-state index in [-0.39, 0.29) is 11.6 Å². The fourth-order valence-corrected chi connectivity index (χ4v) is 4.89. The standard InChI is InChI=1S/C21H25N5O2S/c1-13-6-4-5-7-17(13)26-18(23-24-21(26)28)12-16-8-10-25(11-9-16)20(27)19-14(2)22-15(3)29-19/h4-7,16H,8-12H2,1-3H3,(H,24,28). The van der Waals surface area contributed by atoms with Gasteiger partial charge in [0.1, 0.15) is 10.7 Å². The van der Waals surface area contributed by atoms with Gasteiger partial charge in [0.2, 0.25) is 0 Å². The number of aryl methyl sites for hydroxylation is 3. The van der Waals surface area contributed by atoms with Crippen molar-refractivity contribution in [2.75, 3.05) is 13.1 Å². The molecule has 29 heavy (non-hydrogen) atoms. The van der Waals surface area contributed by atoms with E-state index in [9.17, 15) is 9.59 Å². The predicted molar refractivity (Wildman–Crippen MR) is 113 cm³/mol. The van der Waals surface area contributed by atoms with E-state index in [4.69, 9.17) is 0 Å². The third-order valence-corrected chi connectivity index (χ3v) is 6.63. The van der Waals surface area contributed by atoms with Gasteiger partial charge in [0.05, 0.1) is 16.4 Å². The van der Waals surface area contributed by atoms with Crippen molar-refractivity contribution >= 4 is 17.2 Å². The Hall–Kier alpha value is -2.74. The van der Waals surface area contributed by atoms with Crippen LogP contribution in [0.3, 0.4) is 0 Å². The maximum absolute atomic E-state index is 12.8. The molecule has 0 aliphatic carbocycles. The fourth-order valence-electron chi connectivity index (χ4n) is 4.00. The lowest BCUT2D eigenvalue weighted by Crippen LogP contribution is -2.39. The molecule has 1 amide bonds. The number of amides is 1. The van der Waals surface area contributed by atoms with Crippen LogP contribution in [0, 0.1) is 26.7 Å². The first-order valence-corrected chi connectivity index (χ1v) is 10.7. The summed E-state index contributed by atoms with van der Waals surface area (Å²) < 4.78 is 1.68. The van der Waals surface area contributed by atoms with Gasteiger partial charge < -0.3 is 4.90 Å². The van der Waals surface area contributed by atoms with Crippen LogP contribution in [0.5, 0.6) is 0 Å². The van der Waals surface area contributed by atoms with E-state index in [1.165, 1.54) is 11.3 Å². The summed E-state index contributed by atoms with van der Waals surface area (Å²) in [5, 5.41) is 7.80. The number of aromatic amines is 1. The second kappa shape index (κ2) is 7.94. The number of likely N-dealkylation sites (tertiary alicyclic amines) is 1. The highest BCUT2D eigenvalue weighted by Gasteiger charge is 2.27. The van der Waals surface area contributed by atoms with Crippen molar-refractivity contribution in [1.82, 2.24) is 24.6 Å². The van der Waals surface area contributed by atoms with Crippen molar-refractivity contribution in [2.45, 2.75) is 40.0 Å². The minimum Gasteiger partial charge on any atom is -0.338 e. The highest BCUT2D eigenvalue weighted by atomic mass is 32.1. The Bertz CT molecular complexity index is 1090. The smallest absolute Gasteiger partial charge is 0.338 e. The molecule has 0 saturated carbocycles. The molecule has 3 heterocycles. The van der Waals surface area contributed by atoms with Gasteiger partial charge in [0, 0.05) is 19.5 Å². The molecule has 0 radical (unpaired) electrons. The van der Waals surface area contributed by atoms with Crippen molar-refractivity contribution in [3.63, 3.8) is 0 Å². The molecule has 1 fully saturated rings. The largest absolute Gasteiger partial charge is 0.347 e. The Morgan fingerprint density at radius 3 is 2.59 bits per heavy atom. The third-order valence-electron chi connectivity index (χ3n) is 5.57. The Morgan fingerprint density at radius 2 is 1.93 bits per heavy atom. The fraction of sp³-hybridized carbons (Fsp3) is 0.429. The number of carbonyl (C=O) groups is 1. The van der Waals surface area contributed by atoms with Crippen molar-refractivity contribution in [3.8, 4) is 5.69 Å². The lowest BCUT2D eigenvalue weighted by atomic mass is 9.93. The van der Waals surface area contributed by atoms with Gasteiger partial charge in [0.15, 0.2) is 0 Å². The first-order valence-electron chi connectivity index (χ1n) is 9.89. The van der Waals surface area contributed by atoms with E-state index in [1.54, 1.807) is 4.57 Å². The van der Waals surface area contributed by atoms with Crippen molar-refractivity contribution < 1.29 is 4.79 Å². The molecule has 1 N–H and O–H groups in total. The van der Waals surface area contributed by atoms with Gasteiger partial charge in [0.25, 0.3) is 5.91 Å². The Labute approximate surface area is 173 Å². The first kappa shape index (κ1) is 19.6. The summed E-state index contributed by atoms with van der Waals surface area (Å²) in [7, 11) is 0. The van der Waals surface area contributed by atoms with Gasteiger partial charge in [-0.05, 0) is 51.2 Å². The molecule has 1 aliphatic rings. The van der Waals surface area contributed by atoms with Crippen molar-refractivity contribution in [3.05, 3.63) is 61.7 Å². The SMILES string of the molecule is Cc1nc(C)c(C(=O)N2CCC(Cc3n[nH]c(=O)n3-c3ccccc3C)CC2)s1. The normalized spacial score (nSPS) is 15.1. The number of thiazole rings is 1. The minimum absolute atomic E-state index is 0.0862. The molecule has 0 atom stereocenters. The number of benzene rings is 1. The molecule has 0 spiro atoms. The van der Waals surface area contributed by atoms with E-state index in [0.29, 0.717) is 12.3 Å². The average molecular weight is 412 g/mol. The summed E-state index contributed by atoms with van der Waals surface area (Å²) in [6.45, 7) is 7.26. The van der Waals surface area contributed by atoms with Crippen LogP contribution in [0.2, 0.25) is 0 Å². The molecule has 0 bridgehead atoms. The molecule has 152 valence electrons. The second-order valence-electron chi connectivity index (χ2n) is 7.65. The van der Waals surface area contributed by atoms with E-state index in [2.05, 4.69) is 15.2 Å². The van der Waals surface area contributed by atoms with Crippen LogP contribution >= 0.6 is 11.3 Å². The Morgan fingerprint density at radius 1 is 1.21 bits per heavy atom. The molecular weight excluding hydrogens is 386 g/mol. The van der Waals surface area contributed by atoms with Crippen LogP contribution in [0.4, 0.5) is 0 Å². The summed E-state index contributed by atoms with van der Waals surface area (Å²) in [6.07, 6.45) is 2.52. The monoisotopic (exact) mass is 411 g/mol. The summed E-state index contributed by atoms with van der Waals surface area (Å²) >= 11 is 1.47. The molecule has 3 aromatic rings. The number of rotatable bonds is 4. The van der Waals surface area contributed by atoms with Gasteiger partial charge >= 0.3 is 5.69 Å². The molecule has 1 saturated heterocycles. The zero-order valence-corrected chi connectivity index (χ0v) is 17.8. The summed E-state index contributed by atoms with van der Waals surface area (Å²) in [4.78, 5) is 32.2. The quantitative estimate of drug-likeness (QED) is 0.715. The van der Waals surface area contributed by atoms with E-state index < -0.39 is 0 Å². The van der Waals surface area contributed by atoms with E-state index in [0.717, 1.165) is 58.6 Å². The number of nitrogens with zero attached hydrogens (tertiary/aromatic N) is 4. The number of carbonyl (C=O) groups excluding carboxylic acids is 1. The van der Waals surface area contributed by atoms with Gasteiger partial charge in [-0.2, -0.15) is 5.10 Å². The van der Waals surface area contributed by atoms with Gasteiger partial charge in [-0.25, -0.2) is 19.4 Å². The maximum atomic E-state index is 12.8. The van der Waals surface area contributed by atoms with Crippen molar-refractivity contribution in [1.29, 1.82) is 0 Å². The van der Waals surface area contributed by atoms with Crippen molar-refractivity contribution in [2.24, 2.45) is 5.92 Å². The number of hydrogen-bond acceptors (Lipinski definition) is 5. The minimum atomic E-state index is -0.210. The second-order valence-corrected chi connectivity index (χ2v) is 8.86. The molecule has 2 aromatic heterocycles. The van der Waals surface area contributed by atoms with Crippen LogP contribution in [0.15, 0.2) is 29.1 Å². The van der Waals surface area contributed by atoms with E-state index in [1.807, 2.05) is 49.9 Å². The van der Waals surface area contributed by atoms with Crippen LogP contribution in [-0.4, -0.2) is 43.6 Å². The predicted octanol–water partition coefficient (Wildman–Crippen LogP) is 3.04. The lowest BCUT2D eigenvalue weighted by Gasteiger charge is -2.31. The van der Waals surface area contributed by atoms with Crippen LogP contribution in [0.25, 0.3) is 5.69 Å². The number of piperidine rings is 1. The highest BCUT2D eigenvalue weighted by Crippen LogP contribution is 2.25. The Kier molecular flexibility index (Phi) is 5.36. The lowest BCUT2D eigenvalue weighted by molar-refractivity contribution is 0.0693. The summed E-state index contributed by atoms with van der Waals surface area (Å²) in [5.74, 6) is 1.23. The average Bonchev–Trinajstić information content (AvgIpc) is 3.23. The molecule has 8 heteroatoms. The van der Waals surface area contributed by atoms with Gasteiger partial charge in [-0.1, -0.05) is 18.2 Å². The highest BCUT2D eigenvalue weighted by molar-refractivity contribution is 7.13. The van der Waals surface area contributed by atoms with Gasteiger partial charge in [-0.15, -0.1) is 11.3 Å². The topological polar surface area (TPSA) is 83.9 Å². The van der Waals surface area contributed by atoms with E-state index >= 15 is 0 Å². The molecule has 0 unspecified atom stereocenters. The van der Waals surface area contributed by atoms with Crippen LogP contribution in [0.1, 0.15) is 44.6 Å².